The molecule has 0 unspecified atom stereocenters. The quantitative estimate of drug-likeness (QED) is 0.752. The van der Waals surface area contributed by atoms with E-state index in [1.54, 1.807) is 11.9 Å². The van der Waals surface area contributed by atoms with Crippen LogP contribution in [0.1, 0.15) is 49.3 Å². The first kappa shape index (κ1) is 20.1. The second-order valence-corrected chi connectivity index (χ2v) is 7.80. The number of hydrogen-bond donors (Lipinski definition) is 0. The van der Waals surface area contributed by atoms with Crippen LogP contribution in [0, 0.1) is 11.3 Å². The fourth-order valence-corrected chi connectivity index (χ4v) is 4.28. The minimum atomic E-state index is -0.648. The van der Waals surface area contributed by atoms with E-state index in [9.17, 15) is 10.1 Å². The molecule has 0 heterocycles. The summed E-state index contributed by atoms with van der Waals surface area (Å²) < 4.78 is 0. The van der Waals surface area contributed by atoms with E-state index in [0.29, 0.717) is 0 Å². The number of rotatable bonds is 6. The number of likely N-dealkylation sites (N-methyl/N-ethyl adjacent to an activating group) is 2. The van der Waals surface area contributed by atoms with Gasteiger partial charge in [0.2, 0.25) is 5.91 Å². The van der Waals surface area contributed by atoms with Crippen molar-refractivity contribution in [3.05, 3.63) is 71.8 Å². The molecule has 0 aliphatic heterocycles. The van der Waals surface area contributed by atoms with Crippen LogP contribution in [-0.4, -0.2) is 41.9 Å². The number of nitrogens with zero attached hydrogens (tertiary/aromatic N) is 3. The van der Waals surface area contributed by atoms with Crippen molar-refractivity contribution in [1.82, 2.24) is 9.80 Å². The molecule has 0 aromatic heterocycles. The van der Waals surface area contributed by atoms with E-state index in [0.717, 1.165) is 43.2 Å². The van der Waals surface area contributed by atoms with E-state index < -0.39 is 5.54 Å². The highest BCUT2D eigenvalue weighted by atomic mass is 16.2. The molecule has 4 heteroatoms. The lowest BCUT2D eigenvalue weighted by Gasteiger charge is -2.40. The summed E-state index contributed by atoms with van der Waals surface area (Å²) in [6.07, 6.45) is 4.72. The van der Waals surface area contributed by atoms with Crippen LogP contribution in [0.25, 0.3) is 0 Å². The van der Waals surface area contributed by atoms with Crippen molar-refractivity contribution in [2.75, 3.05) is 20.6 Å². The number of hydrogen-bond acceptors (Lipinski definition) is 3. The molecular formula is C24H29N3O. The molecule has 2 aromatic carbocycles. The minimum absolute atomic E-state index is 0.00260. The molecular weight excluding hydrogens is 346 g/mol. The first-order valence-electron chi connectivity index (χ1n) is 10.1. The van der Waals surface area contributed by atoms with Crippen LogP contribution in [0.5, 0.6) is 0 Å². The molecule has 0 radical (unpaired) electrons. The highest BCUT2D eigenvalue weighted by Crippen LogP contribution is 2.33. The molecule has 3 rings (SSSR count). The lowest BCUT2D eigenvalue weighted by Crippen LogP contribution is -2.52. The van der Waals surface area contributed by atoms with Crippen LogP contribution in [-0.2, 0) is 4.79 Å². The van der Waals surface area contributed by atoms with Crippen LogP contribution < -0.4 is 0 Å². The molecule has 1 saturated carbocycles. The van der Waals surface area contributed by atoms with E-state index in [-0.39, 0.29) is 18.5 Å². The summed E-state index contributed by atoms with van der Waals surface area (Å²) in [7, 11) is 3.78. The Morgan fingerprint density at radius 1 is 0.964 bits per heavy atom. The Kier molecular flexibility index (Phi) is 6.49. The van der Waals surface area contributed by atoms with Crippen molar-refractivity contribution in [3.8, 4) is 6.07 Å². The number of carbonyl (C=O) groups is 1. The van der Waals surface area contributed by atoms with Gasteiger partial charge in [-0.05, 0) is 31.0 Å². The van der Waals surface area contributed by atoms with E-state index in [1.165, 1.54) is 0 Å². The van der Waals surface area contributed by atoms with Gasteiger partial charge in [-0.25, -0.2) is 0 Å². The van der Waals surface area contributed by atoms with E-state index >= 15 is 0 Å². The first-order chi connectivity index (χ1) is 13.6. The van der Waals surface area contributed by atoms with Crippen molar-refractivity contribution < 1.29 is 4.79 Å². The van der Waals surface area contributed by atoms with Gasteiger partial charge < -0.3 is 4.90 Å². The molecule has 1 amide bonds. The fourth-order valence-electron chi connectivity index (χ4n) is 4.28. The first-order valence-corrected chi connectivity index (χ1v) is 10.1. The Morgan fingerprint density at radius 2 is 1.46 bits per heavy atom. The minimum Gasteiger partial charge on any atom is -0.326 e. The third-order valence-electron chi connectivity index (χ3n) is 5.96. The Bertz CT molecular complexity index is 767. The van der Waals surface area contributed by atoms with Crippen molar-refractivity contribution >= 4 is 5.91 Å². The summed E-state index contributed by atoms with van der Waals surface area (Å²) >= 11 is 0. The number of nitriles is 1. The monoisotopic (exact) mass is 375 g/mol. The molecule has 0 bridgehead atoms. The average molecular weight is 376 g/mol. The Labute approximate surface area is 168 Å². The number of amides is 1. The Balaban J connectivity index is 1.81. The molecule has 0 atom stereocenters. The van der Waals surface area contributed by atoms with Crippen LogP contribution in [0.4, 0.5) is 0 Å². The molecule has 1 aliphatic rings. The van der Waals surface area contributed by atoms with Gasteiger partial charge in [-0.1, -0.05) is 79.9 Å². The zero-order chi connectivity index (χ0) is 20.0. The summed E-state index contributed by atoms with van der Waals surface area (Å²) in [6.45, 7) is 0.272. The predicted octanol–water partition coefficient (Wildman–Crippen LogP) is 4.39. The van der Waals surface area contributed by atoms with Crippen molar-refractivity contribution in [3.63, 3.8) is 0 Å². The van der Waals surface area contributed by atoms with Crippen LogP contribution >= 0.6 is 0 Å². The maximum Gasteiger partial charge on any atom is 0.237 e. The molecule has 0 N–H and O–H groups in total. The smallest absolute Gasteiger partial charge is 0.237 e. The van der Waals surface area contributed by atoms with Crippen LogP contribution in [0.3, 0.4) is 0 Å². The molecule has 4 nitrogen and oxygen atoms in total. The molecule has 2 aromatic rings. The van der Waals surface area contributed by atoms with Crippen molar-refractivity contribution in [2.45, 2.75) is 43.7 Å². The zero-order valence-electron chi connectivity index (χ0n) is 16.8. The molecule has 146 valence electrons. The largest absolute Gasteiger partial charge is 0.326 e. The van der Waals surface area contributed by atoms with Crippen molar-refractivity contribution in [1.29, 1.82) is 5.26 Å². The topological polar surface area (TPSA) is 47.3 Å². The second-order valence-electron chi connectivity index (χ2n) is 7.80. The normalized spacial score (nSPS) is 16.0. The van der Waals surface area contributed by atoms with Gasteiger partial charge in [-0.3, -0.25) is 9.69 Å². The van der Waals surface area contributed by atoms with Gasteiger partial charge >= 0.3 is 0 Å². The van der Waals surface area contributed by atoms with Gasteiger partial charge in [0.15, 0.2) is 0 Å². The Hall–Kier alpha value is -2.64. The van der Waals surface area contributed by atoms with E-state index in [2.05, 4.69) is 35.2 Å². The molecule has 0 saturated heterocycles. The standard InChI is InChI=1S/C24H29N3O/c1-26(18-22(28)27(2)24(19-25)16-10-5-11-17-24)23(20-12-6-3-7-13-20)21-14-8-4-9-15-21/h3-4,6-9,12-15,23H,5,10-11,16-18H2,1-2H3. The van der Waals surface area contributed by atoms with Crippen molar-refractivity contribution in [2.24, 2.45) is 0 Å². The van der Waals surface area contributed by atoms with Gasteiger partial charge in [-0.15, -0.1) is 0 Å². The SMILES string of the molecule is CN(CC(=O)N(C)C1(C#N)CCCCC1)C(c1ccccc1)c1ccccc1. The number of benzene rings is 2. The zero-order valence-corrected chi connectivity index (χ0v) is 16.8. The molecule has 1 aliphatic carbocycles. The lowest BCUT2D eigenvalue weighted by atomic mass is 9.81. The molecule has 1 fully saturated rings. The van der Waals surface area contributed by atoms with Crippen LogP contribution in [0.2, 0.25) is 0 Å². The van der Waals surface area contributed by atoms with Gasteiger partial charge in [0, 0.05) is 7.05 Å². The van der Waals surface area contributed by atoms with Crippen LogP contribution in [0.15, 0.2) is 60.7 Å². The highest BCUT2D eigenvalue weighted by Gasteiger charge is 2.39. The Morgan fingerprint density at radius 3 is 1.93 bits per heavy atom. The fraction of sp³-hybridized carbons (Fsp3) is 0.417. The summed E-state index contributed by atoms with van der Waals surface area (Å²) in [6, 6.07) is 22.9. The summed E-state index contributed by atoms with van der Waals surface area (Å²) in [5.41, 5.74) is 1.66. The molecule has 28 heavy (non-hydrogen) atoms. The van der Waals surface area contributed by atoms with Gasteiger partial charge in [-0.2, -0.15) is 5.26 Å². The highest BCUT2D eigenvalue weighted by molar-refractivity contribution is 5.79. The average Bonchev–Trinajstić information content (AvgIpc) is 2.75. The van der Waals surface area contributed by atoms with Gasteiger partial charge in [0.05, 0.1) is 18.7 Å². The lowest BCUT2D eigenvalue weighted by molar-refractivity contribution is -0.136. The predicted molar refractivity (Wildman–Crippen MR) is 112 cm³/mol. The van der Waals surface area contributed by atoms with E-state index in [4.69, 9.17) is 0 Å². The summed E-state index contributed by atoms with van der Waals surface area (Å²) in [4.78, 5) is 16.9. The number of carbonyl (C=O) groups excluding carboxylic acids is 1. The van der Waals surface area contributed by atoms with Gasteiger partial charge in [0.25, 0.3) is 0 Å². The maximum atomic E-state index is 13.1. The van der Waals surface area contributed by atoms with Gasteiger partial charge in [0.1, 0.15) is 5.54 Å². The molecule has 0 spiro atoms. The summed E-state index contributed by atoms with van der Waals surface area (Å²) in [5, 5.41) is 9.80. The second kappa shape index (κ2) is 9.03. The maximum absolute atomic E-state index is 13.1. The third-order valence-corrected chi connectivity index (χ3v) is 5.96. The van der Waals surface area contributed by atoms with E-state index in [1.807, 2.05) is 43.4 Å². The summed E-state index contributed by atoms with van der Waals surface area (Å²) in [5.74, 6) is 0.00260. The third kappa shape index (κ3) is 4.26.